The van der Waals surface area contributed by atoms with Crippen molar-refractivity contribution in [3.63, 3.8) is 0 Å². The Kier molecular flexibility index (Phi) is 4.99. The maximum absolute atomic E-state index is 6.20. The number of methoxy groups -OCH3 is 1. The maximum atomic E-state index is 6.20. The Balaban J connectivity index is 1.41. The molecule has 0 saturated heterocycles. The Morgan fingerprint density at radius 1 is 0.969 bits per heavy atom. The van der Waals surface area contributed by atoms with Crippen LogP contribution in [0.25, 0.3) is 22.1 Å². The molecule has 0 atom stereocenters. The van der Waals surface area contributed by atoms with Gasteiger partial charge in [0.05, 0.1) is 30.0 Å². The second-order valence-electron chi connectivity index (χ2n) is 7.28. The van der Waals surface area contributed by atoms with E-state index in [2.05, 4.69) is 25.3 Å². The Hall–Kier alpha value is -3.91. The minimum Gasteiger partial charge on any atom is -0.493 e. The predicted molar refractivity (Wildman–Crippen MR) is 124 cm³/mol. The van der Waals surface area contributed by atoms with E-state index in [0.717, 1.165) is 33.8 Å². The monoisotopic (exact) mass is 446 g/mol. The summed E-state index contributed by atoms with van der Waals surface area (Å²) < 4.78 is 13.3. The zero-order chi connectivity index (χ0) is 22.2. The largest absolute Gasteiger partial charge is 0.493 e. The van der Waals surface area contributed by atoms with E-state index in [-0.39, 0.29) is 5.15 Å². The number of halogens is 1. The van der Waals surface area contributed by atoms with Gasteiger partial charge in [0.25, 0.3) is 0 Å². The number of imidazole rings is 1. The van der Waals surface area contributed by atoms with Crippen molar-refractivity contribution in [3.8, 4) is 17.2 Å². The van der Waals surface area contributed by atoms with E-state index < -0.39 is 0 Å². The first-order valence-electron chi connectivity index (χ1n) is 9.83. The van der Waals surface area contributed by atoms with E-state index in [1.54, 1.807) is 12.4 Å². The third-order valence-corrected chi connectivity index (χ3v) is 5.38. The second-order valence-corrected chi connectivity index (χ2v) is 7.64. The fourth-order valence-electron chi connectivity index (χ4n) is 3.46. The third-order valence-electron chi connectivity index (χ3n) is 5.11. The standard InChI is InChI=1S/C23H19ClN6O2/c1-13-8-14(28-23-21-17(25-11-26-23)10-20(31-3)22(24)29-21)4-7-19(13)32-15-5-6-18-16(9-15)27-12-30(18)2/h4-12H,1-3H3,(H,25,26,28). The number of anilines is 2. The summed E-state index contributed by atoms with van der Waals surface area (Å²) in [6.07, 6.45) is 3.26. The van der Waals surface area contributed by atoms with Crippen LogP contribution in [0, 0.1) is 6.92 Å². The van der Waals surface area contributed by atoms with Crippen molar-refractivity contribution >= 4 is 45.2 Å². The van der Waals surface area contributed by atoms with Crippen molar-refractivity contribution in [1.82, 2.24) is 24.5 Å². The first-order valence-corrected chi connectivity index (χ1v) is 10.2. The molecule has 0 aliphatic carbocycles. The van der Waals surface area contributed by atoms with Crippen LogP contribution < -0.4 is 14.8 Å². The van der Waals surface area contributed by atoms with Crippen molar-refractivity contribution in [2.45, 2.75) is 6.92 Å². The summed E-state index contributed by atoms with van der Waals surface area (Å²) in [4.78, 5) is 17.4. The number of rotatable bonds is 5. The SMILES string of the molecule is COc1cc2ncnc(Nc3ccc(Oc4ccc5c(c4)ncn5C)c(C)c3)c2nc1Cl. The van der Waals surface area contributed by atoms with Crippen LogP contribution in [0.4, 0.5) is 11.5 Å². The number of aryl methyl sites for hydroxylation is 2. The van der Waals surface area contributed by atoms with Crippen molar-refractivity contribution in [3.05, 3.63) is 65.8 Å². The van der Waals surface area contributed by atoms with E-state index >= 15 is 0 Å². The quantitative estimate of drug-likeness (QED) is 0.361. The summed E-state index contributed by atoms with van der Waals surface area (Å²) in [5.74, 6) is 2.50. The van der Waals surface area contributed by atoms with Gasteiger partial charge in [0.1, 0.15) is 23.3 Å². The lowest BCUT2D eigenvalue weighted by atomic mass is 10.2. The number of hydrogen-bond donors (Lipinski definition) is 1. The fourth-order valence-corrected chi connectivity index (χ4v) is 3.68. The normalized spacial score (nSPS) is 11.1. The van der Waals surface area contributed by atoms with Gasteiger partial charge in [-0.1, -0.05) is 11.6 Å². The zero-order valence-corrected chi connectivity index (χ0v) is 18.4. The van der Waals surface area contributed by atoms with E-state index in [9.17, 15) is 0 Å². The summed E-state index contributed by atoms with van der Waals surface area (Å²) in [5.41, 5.74) is 4.92. The van der Waals surface area contributed by atoms with Gasteiger partial charge in [-0.15, -0.1) is 0 Å². The van der Waals surface area contributed by atoms with Crippen molar-refractivity contribution < 1.29 is 9.47 Å². The van der Waals surface area contributed by atoms with Crippen molar-refractivity contribution in [1.29, 1.82) is 0 Å². The van der Waals surface area contributed by atoms with E-state index in [0.29, 0.717) is 22.6 Å². The molecule has 9 heteroatoms. The number of ether oxygens (including phenoxy) is 2. The first kappa shape index (κ1) is 20.0. The Morgan fingerprint density at radius 2 is 1.84 bits per heavy atom. The number of aromatic nitrogens is 5. The van der Waals surface area contributed by atoms with Crippen LogP contribution in [0.1, 0.15) is 5.56 Å². The Morgan fingerprint density at radius 3 is 2.66 bits per heavy atom. The van der Waals surface area contributed by atoms with Crippen LogP contribution in [0.2, 0.25) is 5.15 Å². The third kappa shape index (κ3) is 3.65. The molecule has 2 aromatic carbocycles. The Bertz CT molecular complexity index is 1470. The lowest BCUT2D eigenvalue weighted by molar-refractivity contribution is 0.414. The van der Waals surface area contributed by atoms with Gasteiger partial charge < -0.3 is 19.4 Å². The number of fused-ring (bicyclic) bond motifs is 2. The highest BCUT2D eigenvalue weighted by Gasteiger charge is 2.12. The highest BCUT2D eigenvalue weighted by atomic mass is 35.5. The topological polar surface area (TPSA) is 87.0 Å². The number of nitrogens with one attached hydrogen (secondary N) is 1. The molecule has 32 heavy (non-hydrogen) atoms. The zero-order valence-electron chi connectivity index (χ0n) is 17.6. The highest BCUT2D eigenvalue weighted by molar-refractivity contribution is 6.31. The molecule has 1 N–H and O–H groups in total. The summed E-state index contributed by atoms with van der Waals surface area (Å²) in [7, 11) is 3.50. The van der Waals surface area contributed by atoms with E-state index in [4.69, 9.17) is 21.1 Å². The lowest BCUT2D eigenvalue weighted by Gasteiger charge is -2.13. The van der Waals surface area contributed by atoms with Gasteiger partial charge in [-0.3, -0.25) is 0 Å². The summed E-state index contributed by atoms with van der Waals surface area (Å²) in [5, 5.41) is 3.54. The predicted octanol–water partition coefficient (Wildman–Crippen LogP) is 5.42. The lowest BCUT2D eigenvalue weighted by Crippen LogP contribution is -1.99. The maximum Gasteiger partial charge on any atom is 0.171 e. The van der Waals surface area contributed by atoms with Crippen LogP contribution in [0.5, 0.6) is 17.2 Å². The molecule has 0 amide bonds. The number of hydrogen-bond acceptors (Lipinski definition) is 7. The number of benzene rings is 2. The molecule has 160 valence electrons. The van der Waals surface area contributed by atoms with Crippen molar-refractivity contribution in [2.75, 3.05) is 12.4 Å². The molecule has 3 heterocycles. The van der Waals surface area contributed by atoms with Gasteiger partial charge in [-0.25, -0.2) is 19.9 Å². The molecule has 5 rings (SSSR count). The fraction of sp³-hybridized carbons (Fsp3) is 0.130. The van der Waals surface area contributed by atoms with Crippen molar-refractivity contribution in [2.24, 2.45) is 7.05 Å². The molecule has 0 bridgehead atoms. The molecular weight excluding hydrogens is 428 g/mol. The summed E-state index contributed by atoms with van der Waals surface area (Å²) >= 11 is 6.20. The van der Waals surface area contributed by atoms with E-state index in [1.165, 1.54) is 13.4 Å². The smallest absolute Gasteiger partial charge is 0.171 e. The van der Waals surface area contributed by atoms with Gasteiger partial charge in [-0.2, -0.15) is 0 Å². The molecule has 0 fully saturated rings. The molecule has 0 aliphatic heterocycles. The van der Waals surface area contributed by atoms with Gasteiger partial charge in [0.15, 0.2) is 16.7 Å². The second kappa shape index (κ2) is 7.97. The molecule has 0 spiro atoms. The molecule has 0 saturated carbocycles. The molecule has 0 radical (unpaired) electrons. The molecular formula is C23H19ClN6O2. The van der Waals surface area contributed by atoms with Crippen LogP contribution in [0.15, 0.2) is 55.1 Å². The van der Waals surface area contributed by atoms with E-state index in [1.807, 2.05) is 54.9 Å². The van der Waals surface area contributed by atoms with Crippen LogP contribution >= 0.6 is 11.6 Å². The van der Waals surface area contributed by atoms with Crippen LogP contribution in [0.3, 0.4) is 0 Å². The first-order chi connectivity index (χ1) is 15.5. The molecule has 0 unspecified atom stereocenters. The minimum atomic E-state index is 0.252. The van der Waals surface area contributed by atoms with Gasteiger partial charge in [0.2, 0.25) is 0 Å². The average molecular weight is 447 g/mol. The molecule has 8 nitrogen and oxygen atoms in total. The highest BCUT2D eigenvalue weighted by Crippen LogP contribution is 2.32. The van der Waals surface area contributed by atoms with Gasteiger partial charge in [-0.05, 0) is 42.8 Å². The number of pyridine rings is 1. The summed E-state index contributed by atoms with van der Waals surface area (Å²) in [6.45, 7) is 1.98. The minimum absolute atomic E-state index is 0.252. The molecule has 3 aromatic heterocycles. The van der Waals surface area contributed by atoms with Crippen LogP contribution in [-0.2, 0) is 7.05 Å². The van der Waals surface area contributed by atoms with Gasteiger partial charge >= 0.3 is 0 Å². The van der Waals surface area contributed by atoms with Crippen LogP contribution in [-0.4, -0.2) is 31.6 Å². The average Bonchev–Trinajstić information content (AvgIpc) is 3.16. The van der Waals surface area contributed by atoms with Gasteiger partial charge in [0, 0.05) is 24.9 Å². The summed E-state index contributed by atoms with van der Waals surface area (Å²) in [6, 6.07) is 13.4. The Labute approximate surface area is 188 Å². The number of nitrogens with zero attached hydrogens (tertiary/aromatic N) is 5. The molecule has 0 aliphatic rings. The molecule has 5 aromatic rings.